The molecule has 1 aliphatic rings. The number of hydrogen-bond acceptors (Lipinski definition) is 4. The van der Waals surface area contributed by atoms with Crippen LogP contribution < -0.4 is 15.2 Å². The molecule has 124 valence electrons. The van der Waals surface area contributed by atoms with Crippen LogP contribution in [0.4, 0.5) is 0 Å². The van der Waals surface area contributed by atoms with Crippen molar-refractivity contribution in [1.82, 2.24) is 4.90 Å². The second kappa shape index (κ2) is 8.25. The quantitative estimate of drug-likeness (QED) is 0.901. The van der Waals surface area contributed by atoms with Gasteiger partial charge in [-0.1, -0.05) is 13.8 Å². The predicted molar refractivity (Wildman–Crippen MR) is 89.1 cm³/mol. The standard InChI is InChI=1S/C16H24N2O3.ClH/c1-11(2)13(17)6-7-18(3)16(19)12-4-5-14-15(10-12)21-9-8-20-14;/h4-5,10-11,13H,6-9,17H2,1-3H3;1H. The van der Waals surface area contributed by atoms with Gasteiger partial charge in [-0.25, -0.2) is 0 Å². The molecule has 6 heteroatoms. The molecule has 1 amide bonds. The van der Waals surface area contributed by atoms with Crippen LogP contribution in [0, 0.1) is 5.92 Å². The van der Waals surface area contributed by atoms with Gasteiger partial charge in [0.25, 0.3) is 5.91 Å². The van der Waals surface area contributed by atoms with Crippen molar-refractivity contribution >= 4 is 18.3 Å². The molecule has 1 unspecified atom stereocenters. The Kier molecular flexibility index (Phi) is 6.97. The molecule has 1 aromatic rings. The van der Waals surface area contributed by atoms with Gasteiger partial charge in [0, 0.05) is 25.2 Å². The Morgan fingerprint density at radius 3 is 2.55 bits per heavy atom. The number of ether oxygens (including phenoxy) is 2. The second-order valence-electron chi connectivity index (χ2n) is 5.78. The molecule has 0 saturated heterocycles. The zero-order valence-electron chi connectivity index (χ0n) is 13.4. The average molecular weight is 329 g/mol. The maximum absolute atomic E-state index is 12.4. The minimum Gasteiger partial charge on any atom is -0.486 e. The van der Waals surface area contributed by atoms with Crippen LogP contribution in [0.15, 0.2) is 18.2 Å². The van der Waals surface area contributed by atoms with E-state index in [0.29, 0.717) is 42.7 Å². The fourth-order valence-corrected chi connectivity index (χ4v) is 2.17. The van der Waals surface area contributed by atoms with E-state index in [1.54, 1.807) is 30.1 Å². The summed E-state index contributed by atoms with van der Waals surface area (Å²) >= 11 is 0. The number of carbonyl (C=O) groups excluding carboxylic acids is 1. The summed E-state index contributed by atoms with van der Waals surface area (Å²) in [7, 11) is 1.80. The number of hydrogen-bond donors (Lipinski definition) is 1. The number of carbonyl (C=O) groups is 1. The zero-order chi connectivity index (χ0) is 15.4. The lowest BCUT2D eigenvalue weighted by molar-refractivity contribution is 0.0788. The first-order valence-corrected chi connectivity index (χ1v) is 7.39. The van der Waals surface area contributed by atoms with Crippen LogP contribution in [0.2, 0.25) is 0 Å². The van der Waals surface area contributed by atoms with Crippen LogP contribution in [-0.2, 0) is 0 Å². The summed E-state index contributed by atoms with van der Waals surface area (Å²) in [5.74, 6) is 1.73. The van der Waals surface area contributed by atoms with E-state index in [-0.39, 0.29) is 24.4 Å². The van der Waals surface area contributed by atoms with Crippen LogP contribution >= 0.6 is 12.4 Å². The lowest BCUT2D eigenvalue weighted by Crippen LogP contribution is -2.34. The number of amides is 1. The summed E-state index contributed by atoms with van der Waals surface area (Å²) in [6.45, 7) is 5.89. The van der Waals surface area contributed by atoms with Crippen LogP contribution in [0.3, 0.4) is 0 Å². The van der Waals surface area contributed by atoms with Gasteiger partial charge in [-0.05, 0) is 30.5 Å². The van der Waals surface area contributed by atoms with E-state index < -0.39 is 0 Å². The van der Waals surface area contributed by atoms with Crippen LogP contribution in [0.25, 0.3) is 0 Å². The molecule has 2 rings (SSSR count). The molecule has 0 saturated carbocycles. The molecule has 1 atom stereocenters. The van der Waals surface area contributed by atoms with E-state index in [9.17, 15) is 4.79 Å². The highest BCUT2D eigenvalue weighted by molar-refractivity contribution is 5.94. The first-order valence-electron chi connectivity index (χ1n) is 7.39. The monoisotopic (exact) mass is 328 g/mol. The zero-order valence-corrected chi connectivity index (χ0v) is 14.2. The molecule has 2 N–H and O–H groups in total. The van der Waals surface area contributed by atoms with Gasteiger partial charge in [0.1, 0.15) is 13.2 Å². The third kappa shape index (κ3) is 4.52. The van der Waals surface area contributed by atoms with Crippen LogP contribution in [0.1, 0.15) is 30.6 Å². The number of halogens is 1. The highest BCUT2D eigenvalue weighted by atomic mass is 35.5. The molecule has 22 heavy (non-hydrogen) atoms. The van der Waals surface area contributed by atoms with E-state index in [0.717, 1.165) is 6.42 Å². The van der Waals surface area contributed by atoms with Gasteiger partial charge in [-0.2, -0.15) is 0 Å². The normalized spacial score (nSPS) is 14.2. The smallest absolute Gasteiger partial charge is 0.253 e. The Labute approximate surface area is 138 Å². The first-order chi connectivity index (χ1) is 9.99. The van der Waals surface area contributed by atoms with Crippen molar-refractivity contribution in [1.29, 1.82) is 0 Å². The Hall–Kier alpha value is -1.46. The Morgan fingerprint density at radius 1 is 1.27 bits per heavy atom. The van der Waals surface area contributed by atoms with Crippen LogP contribution in [0.5, 0.6) is 11.5 Å². The summed E-state index contributed by atoms with van der Waals surface area (Å²) < 4.78 is 11.0. The van der Waals surface area contributed by atoms with Crippen molar-refractivity contribution < 1.29 is 14.3 Å². The average Bonchev–Trinajstić information content (AvgIpc) is 2.50. The molecule has 1 aliphatic heterocycles. The molecule has 5 nitrogen and oxygen atoms in total. The molecule has 0 bridgehead atoms. The summed E-state index contributed by atoms with van der Waals surface area (Å²) in [5, 5.41) is 0. The minimum atomic E-state index is -0.0251. The van der Waals surface area contributed by atoms with Gasteiger partial charge >= 0.3 is 0 Å². The van der Waals surface area contributed by atoms with Crippen LogP contribution in [-0.4, -0.2) is 43.7 Å². The van der Waals surface area contributed by atoms with E-state index in [2.05, 4.69) is 13.8 Å². The summed E-state index contributed by atoms with van der Waals surface area (Å²) in [6.07, 6.45) is 0.796. The first kappa shape index (κ1) is 18.6. The Balaban J connectivity index is 0.00000242. The molecule has 1 heterocycles. The molecule has 0 aromatic heterocycles. The Morgan fingerprint density at radius 2 is 1.91 bits per heavy atom. The van der Waals surface area contributed by atoms with Gasteiger partial charge in [-0.3, -0.25) is 4.79 Å². The van der Waals surface area contributed by atoms with Crippen molar-refractivity contribution in [2.24, 2.45) is 11.7 Å². The lowest BCUT2D eigenvalue weighted by Gasteiger charge is -2.23. The molecule has 0 aliphatic carbocycles. The third-order valence-corrected chi connectivity index (χ3v) is 3.79. The molecule has 0 radical (unpaired) electrons. The van der Waals surface area contributed by atoms with E-state index in [4.69, 9.17) is 15.2 Å². The topological polar surface area (TPSA) is 64.8 Å². The number of fused-ring (bicyclic) bond motifs is 1. The largest absolute Gasteiger partial charge is 0.486 e. The fraction of sp³-hybridized carbons (Fsp3) is 0.562. The van der Waals surface area contributed by atoms with E-state index in [1.165, 1.54) is 0 Å². The van der Waals surface area contributed by atoms with Gasteiger partial charge in [0.2, 0.25) is 0 Å². The maximum atomic E-state index is 12.4. The predicted octanol–water partition coefficient (Wildman–Crippen LogP) is 2.33. The number of rotatable bonds is 5. The van der Waals surface area contributed by atoms with Crippen molar-refractivity contribution in [2.75, 3.05) is 26.8 Å². The molecular weight excluding hydrogens is 304 g/mol. The van der Waals surface area contributed by atoms with Crippen molar-refractivity contribution in [3.8, 4) is 11.5 Å². The minimum absolute atomic E-state index is 0. The van der Waals surface area contributed by atoms with Gasteiger partial charge in [0.05, 0.1) is 0 Å². The SMILES string of the molecule is CC(C)C(N)CCN(C)C(=O)c1ccc2c(c1)OCCO2.Cl. The van der Waals surface area contributed by atoms with Crippen molar-refractivity contribution in [2.45, 2.75) is 26.3 Å². The van der Waals surface area contributed by atoms with Gasteiger partial charge in [0.15, 0.2) is 11.5 Å². The molecule has 0 fully saturated rings. The van der Waals surface area contributed by atoms with Gasteiger partial charge in [-0.15, -0.1) is 12.4 Å². The molecule has 1 aromatic carbocycles. The molecular formula is C16H25ClN2O3. The maximum Gasteiger partial charge on any atom is 0.253 e. The highest BCUT2D eigenvalue weighted by Crippen LogP contribution is 2.31. The lowest BCUT2D eigenvalue weighted by atomic mass is 10.0. The number of nitrogens with two attached hydrogens (primary N) is 1. The number of nitrogens with zero attached hydrogens (tertiary/aromatic N) is 1. The summed E-state index contributed by atoms with van der Waals surface area (Å²) in [5.41, 5.74) is 6.63. The third-order valence-electron chi connectivity index (χ3n) is 3.79. The van der Waals surface area contributed by atoms with Crippen molar-refractivity contribution in [3.63, 3.8) is 0 Å². The summed E-state index contributed by atoms with van der Waals surface area (Å²) in [6, 6.07) is 5.42. The highest BCUT2D eigenvalue weighted by Gasteiger charge is 2.18. The van der Waals surface area contributed by atoms with E-state index in [1.807, 2.05) is 0 Å². The fourth-order valence-electron chi connectivity index (χ4n) is 2.17. The van der Waals surface area contributed by atoms with Gasteiger partial charge < -0.3 is 20.1 Å². The number of benzene rings is 1. The van der Waals surface area contributed by atoms with Crippen molar-refractivity contribution in [3.05, 3.63) is 23.8 Å². The molecule has 0 spiro atoms. The van der Waals surface area contributed by atoms with E-state index >= 15 is 0 Å². The second-order valence-corrected chi connectivity index (χ2v) is 5.78. The Bertz CT molecular complexity index is 508. The summed E-state index contributed by atoms with van der Waals surface area (Å²) in [4.78, 5) is 14.1.